The fourth-order valence-corrected chi connectivity index (χ4v) is 7.73. The van der Waals surface area contributed by atoms with Gasteiger partial charge in [-0.05, 0) is 70.1 Å². The van der Waals surface area contributed by atoms with E-state index in [0.717, 1.165) is 36.3 Å². The van der Waals surface area contributed by atoms with Crippen molar-refractivity contribution < 1.29 is 4.79 Å². The van der Waals surface area contributed by atoms with Crippen molar-refractivity contribution in [3.8, 4) is 0 Å². The number of amides is 2. The Labute approximate surface area is 232 Å². The van der Waals surface area contributed by atoms with Crippen molar-refractivity contribution in [2.75, 3.05) is 5.73 Å². The SMILES string of the molecule is Nc1nccc(N=C2CC(C3CCCC3)NN2)n1.O=C(NC1CCCCC1)NC1CC2CCC(C1)N2C1CC1. The van der Waals surface area contributed by atoms with Crippen molar-refractivity contribution >= 4 is 23.6 Å². The van der Waals surface area contributed by atoms with Gasteiger partial charge in [-0.25, -0.2) is 20.2 Å². The summed E-state index contributed by atoms with van der Waals surface area (Å²) in [6.07, 6.45) is 22.0. The Hall–Kier alpha value is -2.46. The molecule has 3 atom stereocenters. The summed E-state index contributed by atoms with van der Waals surface area (Å²) in [7, 11) is 0. The molecule has 0 aromatic carbocycles. The summed E-state index contributed by atoms with van der Waals surface area (Å²) in [5, 5.41) is 6.47. The number of urea groups is 1. The molecule has 2 bridgehead atoms. The van der Waals surface area contributed by atoms with Crippen LogP contribution in [-0.4, -0.2) is 63.0 Å². The molecule has 0 spiro atoms. The molecule has 2 amide bonds. The number of hydrazine groups is 1. The maximum atomic E-state index is 12.2. The fraction of sp³-hybridized carbons (Fsp3) is 0.793. The van der Waals surface area contributed by atoms with Crippen LogP contribution >= 0.6 is 0 Å². The number of aliphatic imine (C=N–C) groups is 1. The molecule has 6 N–H and O–H groups in total. The number of amidine groups is 1. The Kier molecular flexibility index (Phi) is 8.49. The molecule has 10 heteroatoms. The highest BCUT2D eigenvalue weighted by Gasteiger charge is 2.47. The number of hydrogen-bond acceptors (Lipinski definition) is 7. The van der Waals surface area contributed by atoms with Gasteiger partial charge in [-0.1, -0.05) is 32.1 Å². The second-order valence-corrected chi connectivity index (χ2v) is 12.6. The van der Waals surface area contributed by atoms with Gasteiger partial charge in [-0.2, -0.15) is 4.98 Å². The average molecular weight is 538 g/mol. The van der Waals surface area contributed by atoms with E-state index in [0.29, 0.717) is 23.9 Å². The third-order valence-corrected chi connectivity index (χ3v) is 9.73. The summed E-state index contributed by atoms with van der Waals surface area (Å²) in [6.45, 7) is 0. The van der Waals surface area contributed by atoms with E-state index in [4.69, 9.17) is 5.73 Å². The van der Waals surface area contributed by atoms with Crippen LogP contribution in [0.5, 0.6) is 0 Å². The number of aromatic nitrogens is 2. The van der Waals surface area contributed by atoms with Crippen molar-refractivity contribution in [2.45, 2.75) is 139 Å². The van der Waals surface area contributed by atoms with E-state index >= 15 is 0 Å². The molecule has 3 saturated heterocycles. The van der Waals surface area contributed by atoms with Gasteiger partial charge in [0.15, 0.2) is 5.82 Å². The molecule has 0 radical (unpaired) electrons. The van der Waals surface area contributed by atoms with Crippen molar-refractivity contribution in [3.05, 3.63) is 12.3 Å². The molecule has 4 heterocycles. The van der Waals surface area contributed by atoms with Crippen LogP contribution in [0.15, 0.2) is 17.3 Å². The molecule has 10 nitrogen and oxygen atoms in total. The summed E-state index contributed by atoms with van der Waals surface area (Å²) in [4.78, 5) is 27.4. The van der Waals surface area contributed by atoms with Crippen molar-refractivity contribution in [1.29, 1.82) is 0 Å². The topological polar surface area (TPSA) is 133 Å². The molecule has 1 aromatic heterocycles. The van der Waals surface area contributed by atoms with Gasteiger partial charge in [-0.15, -0.1) is 0 Å². The van der Waals surface area contributed by atoms with E-state index in [-0.39, 0.29) is 12.0 Å². The lowest BCUT2D eigenvalue weighted by molar-refractivity contribution is 0.110. The number of carbonyl (C=O) groups is 1. The molecule has 6 aliphatic rings. The van der Waals surface area contributed by atoms with Gasteiger partial charge in [0.25, 0.3) is 0 Å². The van der Waals surface area contributed by atoms with E-state index < -0.39 is 0 Å². The van der Waals surface area contributed by atoms with Gasteiger partial charge in [-0.3, -0.25) is 4.90 Å². The largest absolute Gasteiger partial charge is 0.368 e. The molecule has 214 valence electrons. The van der Waals surface area contributed by atoms with E-state index in [1.54, 1.807) is 12.3 Å². The number of carbonyl (C=O) groups excluding carboxylic acids is 1. The molecular weight excluding hydrogens is 490 g/mol. The van der Waals surface area contributed by atoms with Gasteiger partial charge in [0.2, 0.25) is 5.95 Å². The summed E-state index contributed by atoms with van der Waals surface area (Å²) in [5.41, 5.74) is 12.0. The fourth-order valence-electron chi connectivity index (χ4n) is 7.73. The highest BCUT2D eigenvalue weighted by Crippen LogP contribution is 2.43. The molecule has 3 aliphatic heterocycles. The van der Waals surface area contributed by atoms with Crippen molar-refractivity contribution in [3.63, 3.8) is 0 Å². The number of fused-ring (bicyclic) bond motifs is 2. The van der Waals surface area contributed by atoms with Crippen LogP contribution in [0.4, 0.5) is 16.6 Å². The lowest BCUT2D eigenvalue weighted by Gasteiger charge is -2.39. The number of nitrogen functional groups attached to an aromatic ring is 1. The summed E-state index contributed by atoms with van der Waals surface area (Å²) >= 11 is 0. The van der Waals surface area contributed by atoms with E-state index in [9.17, 15) is 4.79 Å². The molecule has 6 fully saturated rings. The Balaban J connectivity index is 0.000000144. The first kappa shape index (κ1) is 26.7. The number of anilines is 1. The van der Waals surface area contributed by atoms with Crippen LogP contribution in [0.2, 0.25) is 0 Å². The Morgan fingerprint density at radius 1 is 0.897 bits per heavy atom. The van der Waals surface area contributed by atoms with Crippen LogP contribution in [-0.2, 0) is 0 Å². The maximum Gasteiger partial charge on any atom is 0.315 e. The molecular formula is C29H47N9O. The zero-order valence-electron chi connectivity index (χ0n) is 23.3. The highest BCUT2D eigenvalue weighted by atomic mass is 16.2. The molecule has 1 aromatic rings. The molecule has 3 saturated carbocycles. The van der Waals surface area contributed by atoms with Crippen LogP contribution in [0.1, 0.15) is 103 Å². The number of rotatable bonds is 5. The quantitative estimate of drug-likeness (QED) is 0.384. The van der Waals surface area contributed by atoms with Crippen LogP contribution in [0.25, 0.3) is 0 Å². The Morgan fingerprint density at radius 3 is 2.26 bits per heavy atom. The Morgan fingerprint density at radius 2 is 1.56 bits per heavy atom. The van der Waals surface area contributed by atoms with E-state index in [2.05, 4.69) is 41.3 Å². The predicted molar refractivity (Wildman–Crippen MR) is 153 cm³/mol. The first-order chi connectivity index (χ1) is 19.1. The van der Waals surface area contributed by atoms with Crippen LogP contribution in [0.3, 0.4) is 0 Å². The van der Waals surface area contributed by atoms with E-state index in [1.807, 2.05) is 0 Å². The van der Waals surface area contributed by atoms with E-state index in [1.165, 1.54) is 96.3 Å². The highest BCUT2D eigenvalue weighted by molar-refractivity contribution is 5.86. The van der Waals surface area contributed by atoms with Gasteiger partial charge in [0.1, 0.15) is 5.84 Å². The summed E-state index contributed by atoms with van der Waals surface area (Å²) in [5.74, 6) is 2.58. The van der Waals surface area contributed by atoms with Gasteiger partial charge < -0.3 is 21.8 Å². The average Bonchev–Trinajstić information content (AvgIpc) is 3.29. The Bertz CT molecular complexity index is 988. The monoisotopic (exact) mass is 537 g/mol. The minimum absolute atomic E-state index is 0.0890. The minimum Gasteiger partial charge on any atom is -0.368 e. The normalized spacial score (nSPS) is 32.5. The summed E-state index contributed by atoms with van der Waals surface area (Å²) < 4.78 is 0. The molecule has 39 heavy (non-hydrogen) atoms. The summed E-state index contributed by atoms with van der Waals surface area (Å²) in [6, 6.07) is 5.56. The van der Waals surface area contributed by atoms with Gasteiger partial charge in [0.05, 0.1) is 0 Å². The van der Waals surface area contributed by atoms with Crippen LogP contribution < -0.4 is 27.2 Å². The van der Waals surface area contributed by atoms with Crippen LogP contribution in [0, 0.1) is 5.92 Å². The maximum absolute atomic E-state index is 12.2. The number of nitrogens with zero attached hydrogens (tertiary/aromatic N) is 4. The third-order valence-electron chi connectivity index (χ3n) is 9.73. The van der Waals surface area contributed by atoms with Gasteiger partial charge in [0, 0.05) is 54.9 Å². The third kappa shape index (κ3) is 7.01. The second kappa shape index (κ2) is 12.4. The van der Waals surface area contributed by atoms with Crippen molar-refractivity contribution in [2.24, 2.45) is 10.9 Å². The minimum atomic E-state index is 0.0890. The smallest absolute Gasteiger partial charge is 0.315 e. The zero-order chi connectivity index (χ0) is 26.6. The van der Waals surface area contributed by atoms with Crippen molar-refractivity contribution in [1.82, 2.24) is 36.4 Å². The zero-order valence-corrected chi connectivity index (χ0v) is 23.3. The number of hydrogen-bond donors (Lipinski definition) is 5. The lowest BCUT2D eigenvalue weighted by atomic mass is 9.95. The number of nitrogens with one attached hydrogen (secondary N) is 4. The standard InChI is InChI=1S/C17H29N3O.C12H18N6/c21-17(18-12-4-2-1-3-5-12)19-13-10-15-8-9-16(11-13)20(15)14-6-7-14;13-12-14-6-5-10(16-12)15-11-7-9(17-18-11)8-3-1-2-4-8/h12-16H,1-11H2,(H2,18,19,21);5-6,8-9,17H,1-4,7H2,(H3,13,14,15,16,18). The number of nitrogens with two attached hydrogens (primary N) is 1. The molecule has 7 rings (SSSR count). The first-order valence-corrected chi connectivity index (χ1v) is 15.6. The molecule has 3 unspecified atom stereocenters. The predicted octanol–water partition coefficient (Wildman–Crippen LogP) is 3.92. The first-order valence-electron chi connectivity index (χ1n) is 15.6. The second-order valence-electron chi connectivity index (χ2n) is 12.6. The lowest BCUT2D eigenvalue weighted by Crippen LogP contribution is -2.54. The molecule has 3 aliphatic carbocycles. The number of piperidine rings is 1. The van der Waals surface area contributed by atoms with Gasteiger partial charge >= 0.3 is 6.03 Å².